The number of nitrogens with one attached hydrogen (secondary N) is 1. The van der Waals surface area contributed by atoms with Crippen LogP contribution in [0.2, 0.25) is 0 Å². The molecular weight excluding hydrogens is 610 g/mol. The number of hydrogen-bond acceptors (Lipinski definition) is 7. The van der Waals surface area contributed by atoms with Crippen molar-refractivity contribution < 1.29 is 33.8 Å². The molecule has 10 heteroatoms. The zero-order valence-corrected chi connectivity index (χ0v) is 28.6. The number of hydrogen-bond donors (Lipinski definition) is 2. The van der Waals surface area contributed by atoms with Gasteiger partial charge < -0.3 is 29.7 Å². The average molecular weight is 664 g/mol. The number of benzene rings is 1. The number of aliphatic hydroxyl groups is 1. The predicted octanol–water partition coefficient (Wildman–Crippen LogP) is 4.48. The first-order chi connectivity index (χ1) is 23.2. The van der Waals surface area contributed by atoms with E-state index in [0.29, 0.717) is 32.2 Å². The van der Waals surface area contributed by atoms with E-state index in [0.717, 1.165) is 37.7 Å². The number of esters is 1. The van der Waals surface area contributed by atoms with Gasteiger partial charge in [0.05, 0.1) is 36.6 Å². The van der Waals surface area contributed by atoms with Crippen molar-refractivity contribution in [3.63, 3.8) is 0 Å². The van der Waals surface area contributed by atoms with E-state index in [-0.39, 0.29) is 49.3 Å². The number of fused-ring (bicyclic) bond motifs is 1. The van der Waals surface area contributed by atoms with E-state index in [2.05, 4.69) is 18.5 Å². The van der Waals surface area contributed by atoms with E-state index in [9.17, 15) is 24.3 Å². The minimum Gasteiger partial charge on any atom is -0.463 e. The molecule has 4 fully saturated rings. The quantitative estimate of drug-likeness (QED) is 0.197. The Labute approximate surface area is 284 Å². The van der Waals surface area contributed by atoms with Crippen LogP contribution in [0, 0.1) is 17.8 Å². The molecule has 2 N–H and O–H groups in total. The SMILES string of the molecule is C=CCCC(=O)OC[C@H](NC(=O)[C@@H]1[C@H]2C(=O)N([C@@H](CO)CC(C)C)[C@H](C(=O)N(CC=C)C3CCCCC3)[C@]23CC[C@H]1O3)c1ccccc1. The van der Waals surface area contributed by atoms with Crippen LogP contribution in [0.15, 0.2) is 55.6 Å². The molecule has 5 rings (SSSR count). The molecule has 3 amide bonds. The van der Waals surface area contributed by atoms with Crippen molar-refractivity contribution >= 4 is 23.7 Å². The van der Waals surface area contributed by atoms with Crippen molar-refractivity contribution in [3.8, 4) is 0 Å². The highest BCUT2D eigenvalue weighted by Gasteiger charge is 2.75. The number of allylic oxidation sites excluding steroid dienone is 1. The second kappa shape index (κ2) is 15.8. The predicted molar refractivity (Wildman–Crippen MR) is 181 cm³/mol. The summed E-state index contributed by atoms with van der Waals surface area (Å²) >= 11 is 0. The summed E-state index contributed by atoms with van der Waals surface area (Å²) in [5.41, 5.74) is -0.419. The fourth-order valence-corrected chi connectivity index (χ4v) is 8.63. The number of carbonyl (C=O) groups excluding carboxylic acids is 4. The van der Waals surface area contributed by atoms with E-state index >= 15 is 0 Å². The number of nitrogens with zero attached hydrogens (tertiary/aromatic N) is 2. The van der Waals surface area contributed by atoms with E-state index < -0.39 is 47.6 Å². The summed E-state index contributed by atoms with van der Waals surface area (Å²) in [6.07, 6.45) is 10.0. The number of rotatable bonds is 16. The Hall–Kier alpha value is -3.50. The maximum Gasteiger partial charge on any atom is 0.306 e. The Morgan fingerprint density at radius 1 is 1.12 bits per heavy atom. The fraction of sp³-hybridized carbons (Fsp3) is 0.632. The highest BCUT2D eigenvalue weighted by molar-refractivity contribution is 5.99. The Morgan fingerprint density at radius 3 is 2.50 bits per heavy atom. The van der Waals surface area contributed by atoms with Crippen molar-refractivity contribution in [3.05, 3.63) is 61.2 Å². The molecule has 262 valence electrons. The smallest absolute Gasteiger partial charge is 0.306 e. The number of ether oxygens (including phenoxy) is 2. The second-order valence-corrected chi connectivity index (χ2v) is 14.3. The normalized spacial score (nSPS) is 27.8. The van der Waals surface area contributed by atoms with E-state index in [1.807, 2.05) is 49.1 Å². The lowest BCUT2D eigenvalue weighted by atomic mass is 9.70. The molecule has 1 saturated carbocycles. The molecule has 48 heavy (non-hydrogen) atoms. The van der Waals surface area contributed by atoms with Crippen LogP contribution in [0.1, 0.15) is 89.7 Å². The Balaban J connectivity index is 1.47. The summed E-state index contributed by atoms with van der Waals surface area (Å²) in [5, 5.41) is 13.7. The molecule has 1 aromatic rings. The lowest BCUT2D eigenvalue weighted by molar-refractivity contribution is -0.153. The van der Waals surface area contributed by atoms with Crippen LogP contribution in [-0.2, 0) is 28.7 Å². The number of aliphatic hydroxyl groups excluding tert-OH is 1. The lowest BCUT2D eigenvalue weighted by Crippen LogP contribution is -2.60. The monoisotopic (exact) mass is 663 g/mol. The maximum atomic E-state index is 14.9. The van der Waals surface area contributed by atoms with Gasteiger partial charge in [-0.3, -0.25) is 19.2 Å². The molecule has 1 aliphatic carbocycles. The first-order valence-electron chi connectivity index (χ1n) is 17.8. The number of likely N-dealkylation sites (tertiary alicyclic amines) is 1. The molecule has 2 bridgehead atoms. The minimum absolute atomic E-state index is 0.0350. The summed E-state index contributed by atoms with van der Waals surface area (Å²) in [7, 11) is 0. The van der Waals surface area contributed by atoms with Crippen LogP contribution in [0.25, 0.3) is 0 Å². The Kier molecular flexibility index (Phi) is 11.8. The molecule has 0 radical (unpaired) electrons. The Bertz CT molecular complexity index is 1330. The van der Waals surface area contributed by atoms with Gasteiger partial charge in [0, 0.05) is 19.0 Å². The second-order valence-electron chi connectivity index (χ2n) is 14.3. The number of carbonyl (C=O) groups is 4. The third kappa shape index (κ3) is 7.10. The fourth-order valence-electron chi connectivity index (χ4n) is 8.63. The molecule has 7 atom stereocenters. The van der Waals surface area contributed by atoms with Crippen molar-refractivity contribution in [1.29, 1.82) is 0 Å². The van der Waals surface area contributed by atoms with Gasteiger partial charge in [-0.15, -0.1) is 13.2 Å². The highest BCUT2D eigenvalue weighted by Crippen LogP contribution is 2.59. The summed E-state index contributed by atoms with van der Waals surface area (Å²) in [6, 6.07) is 7.12. The largest absolute Gasteiger partial charge is 0.463 e. The highest BCUT2D eigenvalue weighted by atomic mass is 16.5. The molecule has 0 aromatic heterocycles. The van der Waals surface area contributed by atoms with Crippen LogP contribution in [0.4, 0.5) is 0 Å². The van der Waals surface area contributed by atoms with Gasteiger partial charge >= 0.3 is 5.97 Å². The standard InChI is InChI=1S/C38H53N3O7/c1-5-7-18-31(43)47-24-29(26-14-10-8-11-15-26)39-35(44)32-30-19-20-38(48-30)33(32)36(45)41(28(23-42)22-25(3)4)34(38)37(46)40(21-6-2)27-16-12-9-13-17-27/h5-6,8,10-11,14-15,25,27-30,32-34,42H,1-2,7,9,12-13,16-24H2,3-4H3,(H,39,44)/t28-,29+,30-,32+,33+,34-,38+/m1/s1. The van der Waals surface area contributed by atoms with Gasteiger partial charge in [-0.05, 0) is 50.0 Å². The first-order valence-corrected chi connectivity index (χ1v) is 17.8. The average Bonchev–Trinajstić information content (AvgIpc) is 3.74. The van der Waals surface area contributed by atoms with Crippen LogP contribution in [0.3, 0.4) is 0 Å². The van der Waals surface area contributed by atoms with Crippen LogP contribution < -0.4 is 5.32 Å². The molecular formula is C38H53N3O7. The summed E-state index contributed by atoms with van der Waals surface area (Å²) in [4.78, 5) is 59.7. The maximum absolute atomic E-state index is 14.9. The molecule has 0 unspecified atom stereocenters. The summed E-state index contributed by atoms with van der Waals surface area (Å²) in [5.74, 6) is -2.82. The van der Waals surface area contributed by atoms with Gasteiger partial charge in [0.2, 0.25) is 17.7 Å². The van der Waals surface area contributed by atoms with E-state index in [1.165, 1.54) is 0 Å². The van der Waals surface area contributed by atoms with Crippen LogP contribution in [0.5, 0.6) is 0 Å². The third-order valence-electron chi connectivity index (χ3n) is 10.7. The topological polar surface area (TPSA) is 125 Å². The molecule has 1 spiro atoms. The van der Waals surface area contributed by atoms with Gasteiger partial charge in [-0.25, -0.2) is 0 Å². The Morgan fingerprint density at radius 2 is 1.85 bits per heavy atom. The molecule has 3 heterocycles. The lowest BCUT2D eigenvalue weighted by Gasteiger charge is -2.42. The van der Waals surface area contributed by atoms with Crippen molar-refractivity contribution in [2.75, 3.05) is 19.8 Å². The molecule has 10 nitrogen and oxygen atoms in total. The summed E-state index contributed by atoms with van der Waals surface area (Å²) in [6.45, 7) is 11.6. The number of amides is 3. The first kappa shape index (κ1) is 35.8. The van der Waals surface area contributed by atoms with Gasteiger partial charge in [0.15, 0.2) is 0 Å². The summed E-state index contributed by atoms with van der Waals surface area (Å²) < 4.78 is 12.3. The van der Waals surface area contributed by atoms with Crippen molar-refractivity contribution in [2.24, 2.45) is 17.8 Å². The molecule has 3 aliphatic heterocycles. The van der Waals surface area contributed by atoms with Gasteiger partial charge in [0.1, 0.15) is 18.2 Å². The van der Waals surface area contributed by atoms with Crippen LogP contribution in [-0.4, -0.2) is 88.2 Å². The molecule has 4 aliphatic rings. The van der Waals surface area contributed by atoms with Gasteiger partial charge in [-0.1, -0.05) is 75.6 Å². The van der Waals surface area contributed by atoms with Gasteiger partial charge in [-0.2, -0.15) is 0 Å². The van der Waals surface area contributed by atoms with Gasteiger partial charge in [0.25, 0.3) is 0 Å². The van der Waals surface area contributed by atoms with Crippen molar-refractivity contribution in [2.45, 2.75) is 114 Å². The zero-order valence-electron chi connectivity index (χ0n) is 28.6. The van der Waals surface area contributed by atoms with Crippen molar-refractivity contribution in [1.82, 2.24) is 15.1 Å². The van der Waals surface area contributed by atoms with E-state index in [4.69, 9.17) is 9.47 Å². The zero-order chi connectivity index (χ0) is 34.4. The minimum atomic E-state index is -1.18. The van der Waals surface area contributed by atoms with Crippen LogP contribution >= 0.6 is 0 Å². The molecule has 3 saturated heterocycles. The third-order valence-corrected chi connectivity index (χ3v) is 10.7. The van der Waals surface area contributed by atoms with E-state index in [1.54, 1.807) is 17.1 Å². The molecule has 1 aromatic carbocycles.